The third-order valence-electron chi connectivity index (χ3n) is 3.91. The number of carbonyl (C=O) groups is 1. The molecule has 0 aliphatic carbocycles. The van der Waals surface area contributed by atoms with Crippen molar-refractivity contribution in [2.75, 3.05) is 18.9 Å². The van der Waals surface area contributed by atoms with Crippen LogP contribution >= 0.6 is 0 Å². The van der Waals surface area contributed by atoms with Crippen LogP contribution in [0.5, 0.6) is 0 Å². The van der Waals surface area contributed by atoms with E-state index in [1.54, 1.807) is 43.4 Å². The van der Waals surface area contributed by atoms with Crippen LogP contribution in [-0.2, 0) is 6.54 Å². The maximum absolute atomic E-state index is 12.8. The number of benzene rings is 1. The SMILES string of the molecule is CCN(Cc1nc(C)no1)C(=O)c1ccc(-c2nccnc2NC)cc1. The lowest BCUT2D eigenvalue weighted by Crippen LogP contribution is -2.30. The van der Waals surface area contributed by atoms with Crippen molar-refractivity contribution < 1.29 is 9.32 Å². The van der Waals surface area contributed by atoms with E-state index in [4.69, 9.17) is 4.52 Å². The highest BCUT2D eigenvalue weighted by molar-refractivity contribution is 5.94. The molecule has 0 radical (unpaired) electrons. The fourth-order valence-electron chi connectivity index (χ4n) is 2.58. The highest BCUT2D eigenvalue weighted by Gasteiger charge is 2.18. The Labute approximate surface area is 151 Å². The molecule has 0 saturated heterocycles. The van der Waals surface area contributed by atoms with E-state index in [0.29, 0.717) is 29.6 Å². The number of nitrogens with one attached hydrogen (secondary N) is 1. The number of carbonyl (C=O) groups excluding carboxylic acids is 1. The fraction of sp³-hybridized carbons (Fsp3) is 0.278. The number of aromatic nitrogens is 4. The minimum absolute atomic E-state index is 0.0945. The third kappa shape index (κ3) is 3.69. The van der Waals surface area contributed by atoms with Crippen molar-refractivity contribution in [2.45, 2.75) is 20.4 Å². The Morgan fingerprint density at radius 3 is 2.54 bits per heavy atom. The van der Waals surface area contributed by atoms with Crippen molar-refractivity contribution in [3.05, 3.63) is 53.9 Å². The summed E-state index contributed by atoms with van der Waals surface area (Å²) in [6, 6.07) is 7.30. The Morgan fingerprint density at radius 1 is 1.19 bits per heavy atom. The number of aryl methyl sites for hydroxylation is 1. The molecule has 1 N–H and O–H groups in total. The van der Waals surface area contributed by atoms with Crippen LogP contribution in [0.1, 0.15) is 29.0 Å². The van der Waals surface area contributed by atoms with Gasteiger partial charge < -0.3 is 14.7 Å². The van der Waals surface area contributed by atoms with Gasteiger partial charge in [-0.05, 0) is 26.0 Å². The molecule has 0 aliphatic heterocycles. The minimum atomic E-state index is -0.0945. The second-order valence-electron chi connectivity index (χ2n) is 5.64. The van der Waals surface area contributed by atoms with E-state index < -0.39 is 0 Å². The van der Waals surface area contributed by atoms with E-state index >= 15 is 0 Å². The van der Waals surface area contributed by atoms with Gasteiger partial charge in [0.25, 0.3) is 5.91 Å². The summed E-state index contributed by atoms with van der Waals surface area (Å²) in [5.41, 5.74) is 2.21. The normalized spacial score (nSPS) is 10.6. The molecule has 8 heteroatoms. The average molecular weight is 352 g/mol. The second kappa shape index (κ2) is 7.73. The first-order chi connectivity index (χ1) is 12.6. The monoisotopic (exact) mass is 352 g/mol. The number of hydrogen-bond acceptors (Lipinski definition) is 7. The lowest BCUT2D eigenvalue weighted by Gasteiger charge is -2.19. The maximum Gasteiger partial charge on any atom is 0.254 e. The molecule has 8 nitrogen and oxygen atoms in total. The first-order valence-electron chi connectivity index (χ1n) is 8.30. The van der Waals surface area contributed by atoms with Gasteiger partial charge in [-0.3, -0.25) is 9.78 Å². The van der Waals surface area contributed by atoms with E-state index in [1.165, 1.54) is 0 Å². The van der Waals surface area contributed by atoms with Crippen LogP contribution in [0.3, 0.4) is 0 Å². The Bertz CT molecular complexity index is 891. The molecule has 0 atom stereocenters. The largest absolute Gasteiger partial charge is 0.371 e. The van der Waals surface area contributed by atoms with Gasteiger partial charge >= 0.3 is 0 Å². The summed E-state index contributed by atoms with van der Waals surface area (Å²) in [6.07, 6.45) is 3.27. The van der Waals surface area contributed by atoms with Gasteiger partial charge in [-0.25, -0.2) is 4.98 Å². The molecular formula is C18H20N6O2. The Balaban J connectivity index is 1.79. The number of anilines is 1. The van der Waals surface area contributed by atoms with Crippen molar-refractivity contribution in [3.63, 3.8) is 0 Å². The second-order valence-corrected chi connectivity index (χ2v) is 5.64. The summed E-state index contributed by atoms with van der Waals surface area (Å²) in [4.78, 5) is 27.2. The molecule has 1 aromatic carbocycles. The number of hydrogen-bond donors (Lipinski definition) is 1. The molecule has 0 bridgehead atoms. The summed E-state index contributed by atoms with van der Waals surface area (Å²) >= 11 is 0. The molecule has 3 aromatic rings. The van der Waals surface area contributed by atoms with Crippen LogP contribution in [0.4, 0.5) is 5.82 Å². The molecule has 2 heterocycles. The molecule has 26 heavy (non-hydrogen) atoms. The highest BCUT2D eigenvalue weighted by Crippen LogP contribution is 2.23. The van der Waals surface area contributed by atoms with Crippen LogP contribution in [0.15, 0.2) is 41.2 Å². The first kappa shape index (κ1) is 17.5. The first-order valence-corrected chi connectivity index (χ1v) is 8.30. The molecule has 2 aromatic heterocycles. The van der Waals surface area contributed by atoms with E-state index in [-0.39, 0.29) is 12.5 Å². The molecular weight excluding hydrogens is 332 g/mol. The molecule has 1 amide bonds. The van der Waals surface area contributed by atoms with Gasteiger partial charge in [-0.15, -0.1) is 0 Å². The summed E-state index contributed by atoms with van der Waals surface area (Å²) in [6.45, 7) is 4.48. The molecule has 0 unspecified atom stereocenters. The van der Waals surface area contributed by atoms with Crippen molar-refractivity contribution in [3.8, 4) is 11.3 Å². The third-order valence-corrected chi connectivity index (χ3v) is 3.91. The molecule has 0 aliphatic rings. The lowest BCUT2D eigenvalue weighted by molar-refractivity contribution is 0.0734. The average Bonchev–Trinajstić information content (AvgIpc) is 3.10. The molecule has 0 saturated carbocycles. The smallest absolute Gasteiger partial charge is 0.254 e. The summed E-state index contributed by atoms with van der Waals surface area (Å²) < 4.78 is 5.11. The van der Waals surface area contributed by atoms with Crippen LogP contribution in [-0.4, -0.2) is 44.5 Å². The van der Waals surface area contributed by atoms with Crippen molar-refractivity contribution in [1.82, 2.24) is 25.0 Å². The van der Waals surface area contributed by atoms with Gasteiger partial charge in [0, 0.05) is 37.1 Å². The predicted molar refractivity (Wildman–Crippen MR) is 96.5 cm³/mol. The Kier molecular flexibility index (Phi) is 5.21. The Hall–Kier alpha value is -3.29. The van der Waals surface area contributed by atoms with Gasteiger partial charge in [-0.1, -0.05) is 17.3 Å². The lowest BCUT2D eigenvalue weighted by atomic mass is 10.1. The Morgan fingerprint density at radius 2 is 1.92 bits per heavy atom. The minimum Gasteiger partial charge on any atom is -0.371 e. The zero-order valence-corrected chi connectivity index (χ0v) is 14.9. The van der Waals surface area contributed by atoms with E-state index in [2.05, 4.69) is 25.4 Å². The number of rotatable bonds is 6. The highest BCUT2D eigenvalue weighted by atomic mass is 16.5. The fourth-order valence-corrected chi connectivity index (χ4v) is 2.58. The van der Waals surface area contributed by atoms with Crippen molar-refractivity contribution in [1.29, 1.82) is 0 Å². The van der Waals surface area contributed by atoms with E-state index in [9.17, 15) is 4.79 Å². The van der Waals surface area contributed by atoms with Crippen molar-refractivity contribution in [2.24, 2.45) is 0 Å². The van der Waals surface area contributed by atoms with E-state index in [0.717, 1.165) is 11.3 Å². The van der Waals surface area contributed by atoms with Gasteiger partial charge in [0.15, 0.2) is 11.6 Å². The standard InChI is InChI=1S/C18H20N6O2/c1-4-24(11-15-22-12(2)23-26-15)18(25)14-7-5-13(6-8-14)16-17(19-3)21-10-9-20-16/h5-10H,4,11H2,1-3H3,(H,19,21). The van der Waals surface area contributed by atoms with Crippen LogP contribution < -0.4 is 5.32 Å². The number of nitrogens with zero attached hydrogens (tertiary/aromatic N) is 5. The van der Waals surface area contributed by atoms with Gasteiger partial charge in [0.1, 0.15) is 12.2 Å². The van der Waals surface area contributed by atoms with E-state index in [1.807, 2.05) is 19.1 Å². The molecule has 134 valence electrons. The molecule has 0 fully saturated rings. The zero-order valence-electron chi connectivity index (χ0n) is 14.9. The molecule has 3 rings (SSSR count). The topological polar surface area (TPSA) is 97.0 Å². The quantitative estimate of drug-likeness (QED) is 0.728. The predicted octanol–water partition coefficient (Wildman–Crippen LogP) is 2.54. The summed E-state index contributed by atoms with van der Waals surface area (Å²) in [7, 11) is 1.80. The zero-order chi connectivity index (χ0) is 18.5. The van der Waals surface area contributed by atoms with Crippen molar-refractivity contribution >= 4 is 11.7 Å². The van der Waals surface area contributed by atoms with Gasteiger partial charge in [-0.2, -0.15) is 4.98 Å². The van der Waals surface area contributed by atoms with Crippen LogP contribution in [0.25, 0.3) is 11.3 Å². The van der Waals surface area contributed by atoms with Crippen LogP contribution in [0.2, 0.25) is 0 Å². The summed E-state index contributed by atoms with van der Waals surface area (Å²) in [5.74, 6) is 1.57. The van der Waals surface area contributed by atoms with Crippen LogP contribution in [0, 0.1) is 6.92 Å². The van der Waals surface area contributed by atoms with Gasteiger partial charge in [0.2, 0.25) is 5.89 Å². The maximum atomic E-state index is 12.8. The molecule has 0 spiro atoms. The number of amides is 1. The summed E-state index contributed by atoms with van der Waals surface area (Å²) in [5, 5.41) is 6.77. The van der Waals surface area contributed by atoms with Gasteiger partial charge in [0.05, 0.1) is 0 Å².